The van der Waals surface area contributed by atoms with Crippen LogP contribution in [-0.2, 0) is 19.4 Å². The summed E-state index contributed by atoms with van der Waals surface area (Å²) in [7, 11) is -2.01. The third-order valence-corrected chi connectivity index (χ3v) is 6.34. The number of carbonyl (C=O) groups excluding carboxylic acids is 2. The van der Waals surface area contributed by atoms with Gasteiger partial charge < -0.3 is 20.3 Å². The highest BCUT2D eigenvalue weighted by molar-refractivity contribution is 7.90. The summed E-state index contributed by atoms with van der Waals surface area (Å²) in [5, 5.41) is 5.53. The number of hydrogen-bond acceptors (Lipinski definition) is 9. The number of benzene rings is 1. The van der Waals surface area contributed by atoms with Crippen LogP contribution in [0.15, 0.2) is 35.4 Å². The number of amides is 1. The molecule has 2 N–H and O–H groups in total. The van der Waals surface area contributed by atoms with Crippen LogP contribution in [0.4, 0.5) is 17.5 Å². The lowest BCUT2D eigenvalue weighted by atomic mass is 9.97. The van der Waals surface area contributed by atoms with Crippen molar-refractivity contribution in [3.05, 3.63) is 36.0 Å². The molecule has 1 aromatic heterocycles. The normalized spacial score (nSPS) is 14.7. The molecule has 0 radical (unpaired) electrons. The smallest absolute Gasteiger partial charge is 0.309 e. The molecule has 3 rings (SSSR count). The fraction of sp³-hybridized carbons (Fsp3) is 0.429. The molecular weight excluding hydrogens is 434 g/mol. The minimum absolute atomic E-state index is 0.0956. The van der Waals surface area contributed by atoms with Crippen molar-refractivity contribution in [2.75, 3.05) is 43.2 Å². The molecule has 0 saturated carbocycles. The highest BCUT2D eigenvalue weighted by Gasteiger charge is 2.28. The van der Waals surface area contributed by atoms with Crippen molar-refractivity contribution in [1.29, 1.82) is 0 Å². The monoisotopic (exact) mass is 461 g/mol. The van der Waals surface area contributed by atoms with E-state index in [-0.39, 0.29) is 28.2 Å². The van der Waals surface area contributed by atoms with Crippen molar-refractivity contribution < 1.29 is 22.7 Å². The number of esters is 1. The number of ether oxygens (including phenoxy) is 1. The van der Waals surface area contributed by atoms with Crippen LogP contribution in [0.2, 0.25) is 0 Å². The molecule has 1 amide bonds. The Morgan fingerprint density at radius 1 is 1.22 bits per heavy atom. The summed E-state index contributed by atoms with van der Waals surface area (Å²) in [6.07, 6.45) is 3.74. The third kappa shape index (κ3) is 5.34. The second kappa shape index (κ2) is 9.94. The lowest BCUT2D eigenvalue weighted by Gasteiger charge is -2.31. The van der Waals surface area contributed by atoms with Gasteiger partial charge >= 0.3 is 5.97 Å². The van der Waals surface area contributed by atoms with Gasteiger partial charge in [0.25, 0.3) is 5.91 Å². The summed E-state index contributed by atoms with van der Waals surface area (Å²) in [6.45, 7) is 3.25. The predicted molar refractivity (Wildman–Crippen MR) is 120 cm³/mol. The molecule has 32 heavy (non-hydrogen) atoms. The Hall–Kier alpha value is -3.21. The van der Waals surface area contributed by atoms with Crippen LogP contribution in [0.25, 0.3) is 0 Å². The number of carbonyl (C=O) groups is 2. The number of piperidine rings is 1. The van der Waals surface area contributed by atoms with Crippen molar-refractivity contribution in [2.45, 2.75) is 24.7 Å². The first-order valence-electron chi connectivity index (χ1n) is 10.3. The Morgan fingerprint density at radius 2 is 1.91 bits per heavy atom. The average Bonchev–Trinajstić information content (AvgIpc) is 2.78. The van der Waals surface area contributed by atoms with E-state index < -0.39 is 15.7 Å². The standard InChI is InChI=1S/C21H27N5O5S/c1-4-31-20(28)14-9-11-26(12-10-14)21-23-13-15(19(27)22-2)18(25-21)24-16-7-5-6-8-17(16)32(3,29)30/h5-8,13-14H,4,9-12H2,1-3H3,(H,22,27)(H,23,24,25). The second-order valence-corrected chi connectivity index (χ2v) is 9.40. The Balaban J connectivity index is 1.89. The van der Waals surface area contributed by atoms with Gasteiger partial charge in [-0.15, -0.1) is 0 Å². The zero-order chi connectivity index (χ0) is 23.3. The van der Waals surface area contributed by atoms with Crippen LogP contribution in [0, 0.1) is 5.92 Å². The number of nitrogens with one attached hydrogen (secondary N) is 2. The van der Waals surface area contributed by atoms with Gasteiger partial charge in [-0.25, -0.2) is 13.4 Å². The zero-order valence-electron chi connectivity index (χ0n) is 18.3. The van der Waals surface area contributed by atoms with Crippen LogP contribution in [0.5, 0.6) is 0 Å². The van der Waals surface area contributed by atoms with E-state index in [0.717, 1.165) is 6.26 Å². The van der Waals surface area contributed by atoms with Crippen LogP contribution in [0.1, 0.15) is 30.1 Å². The Kier molecular flexibility index (Phi) is 7.29. The Morgan fingerprint density at radius 3 is 2.53 bits per heavy atom. The first-order chi connectivity index (χ1) is 15.2. The van der Waals surface area contributed by atoms with E-state index in [1.807, 2.05) is 4.90 Å². The maximum atomic E-state index is 12.4. The van der Waals surface area contributed by atoms with E-state index in [1.165, 1.54) is 19.3 Å². The Bertz CT molecular complexity index is 1100. The van der Waals surface area contributed by atoms with E-state index in [0.29, 0.717) is 44.2 Å². The molecule has 2 heterocycles. The van der Waals surface area contributed by atoms with E-state index in [9.17, 15) is 18.0 Å². The van der Waals surface area contributed by atoms with Gasteiger partial charge in [-0.05, 0) is 31.9 Å². The number of sulfone groups is 1. The van der Waals surface area contributed by atoms with Gasteiger partial charge in [-0.2, -0.15) is 4.98 Å². The molecule has 1 aliphatic rings. The fourth-order valence-corrected chi connectivity index (χ4v) is 4.36. The molecule has 172 valence electrons. The number of nitrogens with zero attached hydrogens (tertiary/aromatic N) is 3. The highest BCUT2D eigenvalue weighted by Crippen LogP contribution is 2.28. The summed E-state index contributed by atoms with van der Waals surface area (Å²) >= 11 is 0. The molecule has 0 aliphatic carbocycles. The van der Waals surface area contributed by atoms with Crippen LogP contribution >= 0.6 is 0 Å². The maximum Gasteiger partial charge on any atom is 0.309 e. The molecule has 11 heteroatoms. The quantitative estimate of drug-likeness (QED) is 0.592. The lowest BCUT2D eigenvalue weighted by Crippen LogP contribution is -2.38. The van der Waals surface area contributed by atoms with Gasteiger partial charge in [0.2, 0.25) is 5.95 Å². The summed E-state index contributed by atoms with van der Waals surface area (Å²) in [5.41, 5.74) is 0.492. The van der Waals surface area contributed by atoms with Gasteiger partial charge in [0.1, 0.15) is 11.4 Å². The molecular formula is C21H27N5O5S. The van der Waals surface area contributed by atoms with Gasteiger partial charge in [0.15, 0.2) is 9.84 Å². The average molecular weight is 462 g/mol. The number of para-hydroxylation sites is 1. The van der Waals surface area contributed by atoms with E-state index in [1.54, 1.807) is 25.1 Å². The van der Waals surface area contributed by atoms with E-state index >= 15 is 0 Å². The molecule has 2 aromatic rings. The molecule has 0 atom stereocenters. The van der Waals surface area contributed by atoms with Crippen LogP contribution in [-0.4, -0.2) is 63.3 Å². The predicted octanol–water partition coefficient (Wildman–Crippen LogP) is 1.76. The van der Waals surface area contributed by atoms with Crippen molar-refractivity contribution in [1.82, 2.24) is 15.3 Å². The van der Waals surface area contributed by atoms with Crippen molar-refractivity contribution >= 4 is 39.2 Å². The van der Waals surface area contributed by atoms with Gasteiger partial charge in [-0.3, -0.25) is 9.59 Å². The maximum absolute atomic E-state index is 12.4. The second-order valence-electron chi connectivity index (χ2n) is 7.42. The zero-order valence-corrected chi connectivity index (χ0v) is 19.1. The summed E-state index contributed by atoms with van der Waals surface area (Å²) < 4.78 is 29.4. The lowest BCUT2D eigenvalue weighted by molar-refractivity contribution is -0.148. The van der Waals surface area contributed by atoms with E-state index in [4.69, 9.17) is 4.74 Å². The van der Waals surface area contributed by atoms with E-state index in [2.05, 4.69) is 20.6 Å². The topological polar surface area (TPSA) is 131 Å². The van der Waals surface area contributed by atoms with Crippen molar-refractivity contribution in [3.63, 3.8) is 0 Å². The van der Waals surface area contributed by atoms with Crippen molar-refractivity contribution in [2.24, 2.45) is 5.92 Å². The van der Waals surface area contributed by atoms with Gasteiger partial charge in [0, 0.05) is 32.6 Å². The molecule has 0 unspecified atom stereocenters. The van der Waals surface area contributed by atoms with Crippen LogP contribution < -0.4 is 15.5 Å². The van der Waals surface area contributed by atoms with Gasteiger partial charge in [0.05, 0.1) is 23.1 Å². The first-order valence-corrected chi connectivity index (χ1v) is 12.2. The third-order valence-electron chi connectivity index (χ3n) is 5.19. The number of aromatic nitrogens is 2. The molecule has 0 spiro atoms. The highest BCUT2D eigenvalue weighted by atomic mass is 32.2. The number of anilines is 3. The fourth-order valence-electron chi connectivity index (χ4n) is 3.52. The van der Waals surface area contributed by atoms with Crippen molar-refractivity contribution in [3.8, 4) is 0 Å². The van der Waals surface area contributed by atoms with Crippen LogP contribution in [0.3, 0.4) is 0 Å². The first kappa shape index (κ1) is 23.5. The largest absolute Gasteiger partial charge is 0.466 e. The molecule has 1 aliphatic heterocycles. The molecule has 1 aromatic carbocycles. The summed E-state index contributed by atoms with van der Waals surface area (Å²) in [4.78, 5) is 35.2. The molecule has 1 fully saturated rings. The summed E-state index contributed by atoms with van der Waals surface area (Å²) in [6, 6.07) is 6.41. The molecule has 0 bridgehead atoms. The SMILES string of the molecule is CCOC(=O)C1CCN(c2ncc(C(=O)NC)c(Nc3ccccc3S(C)(=O)=O)n2)CC1. The Labute approximate surface area is 187 Å². The minimum Gasteiger partial charge on any atom is -0.466 e. The minimum atomic E-state index is -3.50. The number of rotatable bonds is 7. The molecule has 1 saturated heterocycles. The molecule has 10 nitrogen and oxygen atoms in total. The summed E-state index contributed by atoms with van der Waals surface area (Å²) in [5.74, 6) is -0.174. The number of hydrogen-bond donors (Lipinski definition) is 2. The van der Waals surface area contributed by atoms with Gasteiger partial charge in [-0.1, -0.05) is 12.1 Å².